The molecule has 6 nitrogen and oxygen atoms in total. The lowest BCUT2D eigenvalue weighted by Gasteiger charge is -2.16. The number of benzene rings is 1. The van der Waals surface area contributed by atoms with Crippen LogP contribution in [0.4, 0.5) is 5.69 Å². The molecule has 0 aromatic heterocycles. The van der Waals surface area contributed by atoms with Crippen LogP contribution in [0.5, 0.6) is 0 Å². The van der Waals surface area contributed by atoms with E-state index in [2.05, 4.69) is 10.0 Å². The van der Waals surface area contributed by atoms with E-state index in [4.69, 9.17) is 0 Å². The van der Waals surface area contributed by atoms with Crippen molar-refractivity contribution in [2.75, 3.05) is 5.32 Å². The van der Waals surface area contributed by atoms with E-state index >= 15 is 0 Å². The highest BCUT2D eigenvalue weighted by atomic mass is 32.2. The Morgan fingerprint density at radius 2 is 1.90 bits per heavy atom. The zero-order valence-electron chi connectivity index (χ0n) is 12.7. The second-order valence-electron chi connectivity index (χ2n) is 5.24. The van der Waals surface area contributed by atoms with Crippen LogP contribution in [0, 0.1) is 0 Å². The number of hydrogen-bond acceptors (Lipinski definition) is 4. The molecule has 0 bridgehead atoms. The average Bonchev–Trinajstić information content (AvgIpc) is 2.37. The van der Waals surface area contributed by atoms with E-state index in [1.54, 1.807) is 6.92 Å². The van der Waals surface area contributed by atoms with Gasteiger partial charge in [0.1, 0.15) is 0 Å². The van der Waals surface area contributed by atoms with Crippen molar-refractivity contribution in [1.29, 1.82) is 0 Å². The van der Waals surface area contributed by atoms with Crippen molar-refractivity contribution in [2.45, 2.75) is 51.1 Å². The molecular weight excluding hydrogens is 292 g/mol. The first-order valence-electron chi connectivity index (χ1n) is 6.83. The smallest absolute Gasteiger partial charge is 0.337 e. The summed E-state index contributed by atoms with van der Waals surface area (Å²) < 4.78 is 26.9. The number of carbonyl (C=O) groups is 1. The molecule has 118 valence electrons. The van der Waals surface area contributed by atoms with Crippen molar-refractivity contribution in [2.24, 2.45) is 0 Å². The van der Waals surface area contributed by atoms with Gasteiger partial charge in [0.2, 0.25) is 10.0 Å². The van der Waals surface area contributed by atoms with Gasteiger partial charge >= 0.3 is 5.97 Å². The molecule has 1 atom stereocenters. The lowest BCUT2D eigenvalue weighted by atomic mass is 10.1. The molecular formula is C14H22N2O4S. The van der Waals surface area contributed by atoms with Gasteiger partial charge in [0.25, 0.3) is 0 Å². The minimum Gasteiger partial charge on any atom is -0.478 e. The summed E-state index contributed by atoms with van der Waals surface area (Å²) in [6.07, 6.45) is 0.651. The fourth-order valence-electron chi connectivity index (χ4n) is 1.72. The summed E-state index contributed by atoms with van der Waals surface area (Å²) in [7, 11) is -3.71. The van der Waals surface area contributed by atoms with Gasteiger partial charge in [-0.05, 0) is 45.4 Å². The number of carboxylic acid groups (broad SMARTS) is 1. The first-order chi connectivity index (χ1) is 9.67. The highest BCUT2D eigenvalue weighted by molar-refractivity contribution is 7.89. The molecule has 0 radical (unpaired) electrons. The largest absolute Gasteiger partial charge is 0.478 e. The highest BCUT2D eigenvalue weighted by Crippen LogP contribution is 2.21. The Balaban J connectivity index is 3.22. The minimum atomic E-state index is -3.71. The van der Waals surface area contributed by atoms with Crippen molar-refractivity contribution in [1.82, 2.24) is 4.72 Å². The van der Waals surface area contributed by atoms with E-state index in [1.165, 1.54) is 18.2 Å². The molecule has 0 unspecified atom stereocenters. The number of aromatic carboxylic acids is 1. The quantitative estimate of drug-likeness (QED) is 0.717. The van der Waals surface area contributed by atoms with Crippen LogP contribution in [-0.4, -0.2) is 31.6 Å². The predicted molar refractivity (Wildman–Crippen MR) is 82.2 cm³/mol. The molecule has 1 aromatic rings. The van der Waals surface area contributed by atoms with Crippen molar-refractivity contribution in [3.05, 3.63) is 23.8 Å². The summed E-state index contributed by atoms with van der Waals surface area (Å²) in [4.78, 5) is 11.3. The van der Waals surface area contributed by atoms with Gasteiger partial charge in [-0.3, -0.25) is 0 Å². The number of anilines is 1. The van der Waals surface area contributed by atoms with Crippen molar-refractivity contribution >= 4 is 21.7 Å². The molecule has 3 N–H and O–H groups in total. The fraction of sp³-hybridized carbons (Fsp3) is 0.500. The fourth-order valence-corrected chi connectivity index (χ4v) is 3.07. The predicted octanol–water partition coefficient (Wildman–Crippen LogP) is 2.28. The second kappa shape index (κ2) is 6.91. The van der Waals surface area contributed by atoms with Crippen LogP contribution >= 0.6 is 0 Å². The number of sulfonamides is 1. The topological polar surface area (TPSA) is 95.5 Å². The molecule has 0 spiro atoms. The standard InChI is InChI=1S/C14H22N2O4S/c1-5-10(4)16-21(19,20)11-6-7-13(15-9(2)3)12(8-11)14(17)18/h6-10,15-16H,5H2,1-4H3,(H,17,18)/t10-/m1/s1. The van der Waals surface area contributed by atoms with E-state index in [-0.39, 0.29) is 22.5 Å². The number of rotatable bonds is 7. The molecule has 21 heavy (non-hydrogen) atoms. The maximum Gasteiger partial charge on any atom is 0.337 e. The van der Waals surface area contributed by atoms with Crippen LogP contribution in [0.1, 0.15) is 44.5 Å². The zero-order chi connectivity index (χ0) is 16.2. The van der Waals surface area contributed by atoms with Gasteiger partial charge in [-0.25, -0.2) is 17.9 Å². The number of carboxylic acids is 1. The first kappa shape index (κ1) is 17.5. The van der Waals surface area contributed by atoms with Gasteiger partial charge < -0.3 is 10.4 Å². The molecule has 0 amide bonds. The molecule has 0 saturated carbocycles. The summed E-state index contributed by atoms with van der Waals surface area (Å²) >= 11 is 0. The third kappa shape index (κ3) is 4.71. The van der Waals surface area contributed by atoms with E-state index < -0.39 is 16.0 Å². The molecule has 0 saturated heterocycles. The van der Waals surface area contributed by atoms with Crippen molar-refractivity contribution < 1.29 is 18.3 Å². The zero-order valence-corrected chi connectivity index (χ0v) is 13.5. The molecule has 0 aliphatic rings. The Morgan fingerprint density at radius 1 is 1.29 bits per heavy atom. The van der Waals surface area contributed by atoms with Crippen LogP contribution in [0.15, 0.2) is 23.1 Å². The third-order valence-corrected chi connectivity index (χ3v) is 4.53. The van der Waals surface area contributed by atoms with Crippen molar-refractivity contribution in [3.63, 3.8) is 0 Å². The minimum absolute atomic E-state index is 0.0452. The summed E-state index contributed by atoms with van der Waals surface area (Å²) in [5, 5.41) is 12.2. The summed E-state index contributed by atoms with van der Waals surface area (Å²) in [6, 6.07) is 3.90. The Kier molecular flexibility index (Phi) is 5.74. The van der Waals surface area contributed by atoms with E-state index in [9.17, 15) is 18.3 Å². The molecule has 0 heterocycles. The summed E-state index contributed by atoms with van der Waals surface area (Å²) in [5.41, 5.74) is 0.343. The molecule has 0 fully saturated rings. The van der Waals surface area contributed by atoms with E-state index in [0.717, 1.165) is 0 Å². The van der Waals surface area contributed by atoms with Gasteiger partial charge in [0.05, 0.1) is 10.5 Å². The SMILES string of the molecule is CC[C@@H](C)NS(=O)(=O)c1ccc(NC(C)C)c(C(=O)O)c1. The van der Waals surface area contributed by atoms with Crippen LogP contribution in [0.25, 0.3) is 0 Å². The van der Waals surface area contributed by atoms with Crippen LogP contribution < -0.4 is 10.0 Å². The molecule has 7 heteroatoms. The Morgan fingerprint density at radius 3 is 2.38 bits per heavy atom. The van der Waals surface area contributed by atoms with Gasteiger partial charge in [0, 0.05) is 17.8 Å². The second-order valence-corrected chi connectivity index (χ2v) is 6.96. The summed E-state index contributed by atoms with van der Waals surface area (Å²) in [5.74, 6) is -1.17. The Hall–Kier alpha value is -1.60. The van der Waals surface area contributed by atoms with E-state index in [0.29, 0.717) is 12.1 Å². The van der Waals surface area contributed by atoms with Crippen LogP contribution in [0.3, 0.4) is 0 Å². The average molecular weight is 314 g/mol. The lowest BCUT2D eigenvalue weighted by Crippen LogP contribution is -2.32. The van der Waals surface area contributed by atoms with E-state index in [1.807, 2.05) is 20.8 Å². The molecule has 1 aromatic carbocycles. The molecule has 1 rings (SSSR count). The molecule has 0 aliphatic heterocycles. The number of nitrogens with one attached hydrogen (secondary N) is 2. The molecule has 0 aliphatic carbocycles. The normalized spacial score (nSPS) is 13.2. The van der Waals surface area contributed by atoms with Gasteiger partial charge in [0.15, 0.2) is 0 Å². The lowest BCUT2D eigenvalue weighted by molar-refractivity contribution is 0.0697. The highest BCUT2D eigenvalue weighted by Gasteiger charge is 2.20. The Labute approximate surface area is 125 Å². The van der Waals surface area contributed by atoms with Gasteiger partial charge in [-0.1, -0.05) is 6.92 Å². The van der Waals surface area contributed by atoms with Crippen LogP contribution in [0.2, 0.25) is 0 Å². The van der Waals surface area contributed by atoms with Crippen LogP contribution in [-0.2, 0) is 10.0 Å². The summed E-state index contributed by atoms with van der Waals surface area (Å²) in [6.45, 7) is 7.37. The maximum atomic E-state index is 12.2. The monoisotopic (exact) mass is 314 g/mol. The number of hydrogen-bond donors (Lipinski definition) is 3. The third-order valence-electron chi connectivity index (χ3n) is 2.94. The van der Waals surface area contributed by atoms with Gasteiger partial charge in [-0.2, -0.15) is 0 Å². The maximum absolute atomic E-state index is 12.2. The Bertz CT molecular complexity index is 611. The van der Waals surface area contributed by atoms with Gasteiger partial charge in [-0.15, -0.1) is 0 Å². The first-order valence-corrected chi connectivity index (χ1v) is 8.32. The van der Waals surface area contributed by atoms with Crippen molar-refractivity contribution in [3.8, 4) is 0 Å².